The number of nitrogens with one attached hydrogen (secondary N) is 1. The van der Waals surface area contributed by atoms with E-state index in [0.29, 0.717) is 5.69 Å². The lowest BCUT2D eigenvalue weighted by Gasteiger charge is -2.28. The number of hydrogen-bond acceptors (Lipinski definition) is 6. The lowest BCUT2D eigenvalue weighted by Crippen LogP contribution is -2.36. The number of rotatable bonds is 6. The highest BCUT2D eigenvalue weighted by Crippen LogP contribution is 2.30. The van der Waals surface area contributed by atoms with Gasteiger partial charge in [-0.3, -0.25) is 9.59 Å². The van der Waals surface area contributed by atoms with Gasteiger partial charge >= 0.3 is 5.97 Å². The Balaban J connectivity index is 1.16. The van der Waals surface area contributed by atoms with E-state index in [1.54, 1.807) is 13.2 Å². The van der Waals surface area contributed by atoms with Crippen LogP contribution in [0.3, 0.4) is 0 Å². The van der Waals surface area contributed by atoms with Crippen LogP contribution in [0.4, 0.5) is 11.4 Å². The zero-order valence-electron chi connectivity index (χ0n) is 18.8. The van der Waals surface area contributed by atoms with Crippen LogP contribution in [0, 0.1) is 0 Å². The maximum absolute atomic E-state index is 12.5. The molecule has 2 aliphatic rings. The molecule has 0 spiro atoms. The summed E-state index contributed by atoms with van der Waals surface area (Å²) in [6.07, 6.45) is 4.07. The fraction of sp³-hybridized carbons (Fsp3) is 0.385. The molecule has 1 aliphatic carbocycles. The third kappa shape index (κ3) is 4.73. The molecule has 1 aromatic heterocycles. The molecule has 1 amide bonds. The normalized spacial score (nSPS) is 16.5. The molecule has 0 radical (unpaired) electrons. The number of aryl methyl sites for hydroxylation is 2. The third-order valence-corrected chi connectivity index (χ3v) is 6.39. The minimum atomic E-state index is -0.904. The lowest BCUT2D eigenvalue weighted by molar-refractivity contribution is -0.152. The molecular formula is C26H28N2O5. The summed E-state index contributed by atoms with van der Waals surface area (Å²) in [5.41, 5.74) is 5.99. The summed E-state index contributed by atoms with van der Waals surface area (Å²) in [5, 5.41) is 3.77. The summed E-state index contributed by atoms with van der Waals surface area (Å²) < 4.78 is 16.4. The van der Waals surface area contributed by atoms with Crippen molar-refractivity contribution < 1.29 is 23.5 Å². The molecule has 172 valence electrons. The molecule has 2 aromatic carbocycles. The van der Waals surface area contributed by atoms with Gasteiger partial charge in [0.1, 0.15) is 5.58 Å². The van der Waals surface area contributed by atoms with Crippen LogP contribution in [0.25, 0.3) is 11.0 Å². The van der Waals surface area contributed by atoms with Gasteiger partial charge in [-0.15, -0.1) is 0 Å². The molecule has 1 saturated heterocycles. The van der Waals surface area contributed by atoms with Crippen molar-refractivity contribution in [2.45, 2.75) is 38.7 Å². The van der Waals surface area contributed by atoms with E-state index in [2.05, 4.69) is 22.3 Å². The van der Waals surface area contributed by atoms with Gasteiger partial charge in [-0.2, -0.15) is 0 Å². The van der Waals surface area contributed by atoms with Gasteiger partial charge in [-0.05, 0) is 73.7 Å². The van der Waals surface area contributed by atoms with Crippen LogP contribution in [-0.4, -0.2) is 44.3 Å². The Morgan fingerprint density at radius 2 is 1.82 bits per heavy atom. The summed E-state index contributed by atoms with van der Waals surface area (Å²) in [6, 6.07) is 11.9. The number of hydrogen-bond donors (Lipinski definition) is 1. The Morgan fingerprint density at radius 3 is 2.58 bits per heavy atom. The first-order chi connectivity index (χ1) is 16.1. The van der Waals surface area contributed by atoms with Crippen LogP contribution >= 0.6 is 0 Å². The molecule has 5 rings (SSSR count). The SMILES string of the molecule is CC(OC(=O)Cc1coc2cc3c(cc12)CCC3)C(=O)Nc1ccc(N2CCOCC2)cc1. The second kappa shape index (κ2) is 9.27. The minimum Gasteiger partial charge on any atom is -0.464 e. The van der Waals surface area contributed by atoms with E-state index in [1.807, 2.05) is 24.3 Å². The zero-order valence-corrected chi connectivity index (χ0v) is 18.8. The van der Waals surface area contributed by atoms with Crippen LogP contribution in [0.5, 0.6) is 0 Å². The Morgan fingerprint density at radius 1 is 1.09 bits per heavy atom. The Bertz CT molecular complexity index is 1160. The number of anilines is 2. The topological polar surface area (TPSA) is 81.0 Å². The summed E-state index contributed by atoms with van der Waals surface area (Å²) in [5.74, 6) is -0.819. The average molecular weight is 449 g/mol. The minimum absolute atomic E-state index is 0.0671. The Kier molecular flexibility index (Phi) is 6.05. The standard InChI is InChI=1S/C26H28N2O5/c1-17(26(30)27-21-5-7-22(8-6-21)28-9-11-31-12-10-28)33-25(29)15-20-16-32-24-14-19-4-2-3-18(19)13-23(20)24/h5-8,13-14,16-17H,2-4,9-12,15H2,1H3,(H,27,30). The molecule has 0 bridgehead atoms. The molecule has 7 nitrogen and oxygen atoms in total. The smallest absolute Gasteiger partial charge is 0.311 e. The summed E-state index contributed by atoms with van der Waals surface area (Å²) in [7, 11) is 0. The van der Waals surface area contributed by atoms with Gasteiger partial charge in [0.2, 0.25) is 0 Å². The van der Waals surface area contributed by atoms with E-state index in [9.17, 15) is 9.59 Å². The van der Waals surface area contributed by atoms with E-state index in [4.69, 9.17) is 13.9 Å². The number of esters is 1. The van der Waals surface area contributed by atoms with E-state index in [0.717, 1.165) is 67.8 Å². The van der Waals surface area contributed by atoms with Crippen LogP contribution in [0.15, 0.2) is 47.1 Å². The number of carbonyl (C=O) groups is 2. The summed E-state index contributed by atoms with van der Waals surface area (Å²) >= 11 is 0. The molecule has 33 heavy (non-hydrogen) atoms. The highest BCUT2D eigenvalue weighted by Gasteiger charge is 2.21. The second-order valence-corrected chi connectivity index (χ2v) is 8.68. The number of fused-ring (bicyclic) bond motifs is 2. The molecule has 7 heteroatoms. The van der Waals surface area contributed by atoms with E-state index < -0.39 is 12.1 Å². The van der Waals surface area contributed by atoms with E-state index in [1.165, 1.54) is 11.1 Å². The summed E-state index contributed by atoms with van der Waals surface area (Å²) in [6.45, 7) is 4.73. The molecular weight excluding hydrogens is 420 g/mol. The molecule has 1 N–H and O–H groups in total. The molecule has 1 aliphatic heterocycles. The second-order valence-electron chi connectivity index (χ2n) is 8.68. The fourth-order valence-corrected chi connectivity index (χ4v) is 4.55. The molecule has 0 saturated carbocycles. The lowest BCUT2D eigenvalue weighted by atomic mass is 10.0. The molecule has 3 aromatic rings. The van der Waals surface area contributed by atoms with Crippen molar-refractivity contribution in [2.24, 2.45) is 0 Å². The van der Waals surface area contributed by atoms with Crippen molar-refractivity contribution in [3.63, 3.8) is 0 Å². The first-order valence-electron chi connectivity index (χ1n) is 11.5. The third-order valence-electron chi connectivity index (χ3n) is 6.39. The number of furan rings is 1. The molecule has 2 heterocycles. The van der Waals surface area contributed by atoms with Crippen molar-refractivity contribution in [1.29, 1.82) is 0 Å². The Hall–Kier alpha value is -3.32. The highest BCUT2D eigenvalue weighted by atomic mass is 16.5. The van der Waals surface area contributed by atoms with Crippen molar-refractivity contribution in [1.82, 2.24) is 0 Å². The van der Waals surface area contributed by atoms with Gasteiger partial charge in [-0.1, -0.05) is 0 Å². The molecule has 1 unspecified atom stereocenters. The van der Waals surface area contributed by atoms with Gasteiger partial charge in [-0.25, -0.2) is 0 Å². The first kappa shape index (κ1) is 21.5. The monoisotopic (exact) mass is 448 g/mol. The highest BCUT2D eigenvalue weighted by molar-refractivity contribution is 5.95. The number of benzene rings is 2. The van der Waals surface area contributed by atoms with E-state index >= 15 is 0 Å². The predicted molar refractivity (Wildman–Crippen MR) is 126 cm³/mol. The number of carbonyl (C=O) groups excluding carboxylic acids is 2. The van der Waals surface area contributed by atoms with Gasteiger partial charge in [0.15, 0.2) is 6.10 Å². The quantitative estimate of drug-likeness (QED) is 0.577. The van der Waals surface area contributed by atoms with Crippen molar-refractivity contribution in [3.8, 4) is 0 Å². The van der Waals surface area contributed by atoms with Gasteiger partial charge < -0.3 is 24.1 Å². The average Bonchev–Trinajstić information content (AvgIpc) is 3.45. The number of ether oxygens (including phenoxy) is 2. The van der Waals surface area contributed by atoms with Gasteiger partial charge in [0.25, 0.3) is 5.91 Å². The van der Waals surface area contributed by atoms with Crippen LogP contribution in [-0.2, 0) is 38.3 Å². The maximum atomic E-state index is 12.5. The first-order valence-corrected chi connectivity index (χ1v) is 11.5. The van der Waals surface area contributed by atoms with Crippen LogP contribution < -0.4 is 10.2 Å². The number of amides is 1. The Labute approximate surface area is 192 Å². The predicted octanol–water partition coefficient (Wildman–Crippen LogP) is 3.87. The van der Waals surface area contributed by atoms with Crippen molar-refractivity contribution >= 4 is 34.2 Å². The number of nitrogens with zero attached hydrogens (tertiary/aromatic N) is 1. The number of morpholine rings is 1. The van der Waals surface area contributed by atoms with Crippen LogP contribution in [0.1, 0.15) is 30.0 Å². The van der Waals surface area contributed by atoms with Gasteiger partial charge in [0.05, 0.1) is 25.9 Å². The van der Waals surface area contributed by atoms with E-state index in [-0.39, 0.29) is 12.3 Å². The van der Waals surface area contributed by atoms with Crippen LogP contribution in [0.2, 0.25) is 0 Å². The van der Waals surface area contributed by atoms with Crippen molar-refractivity contribution in [3.05, 3.63) is 59.4 Å². The molecule has 1 fully saturated rings. The molecule has 1 atom stereocenters. The fourth-order valence-electron chi connectivity index (χ4n) is 4.55. The van der Waals surface area contributed by atoms with Gasteiger partial charge in [0, 0.05) is 35.4 Å². The zero-order chi connectivity index (χ0) is 22.8. The largest absolute Gasteiger partial charge is 0.464 e. The maximum Gasteiger partial charge on any atom is 0.311 e. The summed E-state index contributed by atoms with van der Waals surface area (Å²) in [4.78, 5) is 27.3. The van der Waals surface area contributed by atoms with Crippen molar-refractivity contribution in [2.75, 3.05) is 36.5 Å².